The second-order valence-electron chi connectivity index (χ2n) is 4.50. The number of halogens is 2. The zero-order chi connectivity index (χ0) is 15.5. The van der Waals surface area contributed by atoms with Crippen LogP contribution in [0.5, 0.6) is 0 Å². The first-order valence-electron chi connectivity index (χ1n) is 6.36. The fourth-order valence-electron chi connectivity index (χ4n) is 1.89. The van der Waals surface area contributed by atoms with Crippen LogP contribution in [-0.2, 0) is 6.42 Å². The summed E-state index contributed by atoms with van der Waals surface area (Å²) < 4.78 is 5.71. The molecule has 1 amide bonds. The van der Waals surface area contributed by atoms with Crippen LogP contribution in [0.4, 0.5) is 5.13 Å². The Morgan fingerprint density at radius 1 is 1.36 bits per heavy atom. The average Bonchev–Trinajstić information content (AvgIpc) is 3.08. The predicted molar refractivity (Wildman–Crippen MR) is 90.7 cm³/mol. The van der Waals surface area contributed by atoms with E-state index in [1.54, 1.807) is 18.3 Å². The van der Waals surface area contributed by atoms with Crippen molar-refractivity contribution < 1.29 is 9.21 Å². The SMILES string of the molecule is O=C(Nc1ncc(Cc2cccc(Cl)c2)s1)c1ccc(Br)o1. The minimum absolute atomic E-state index is 0.235. The maximum atomic E-state index is 12.0. The molecular weight excluding hydrogens is 388 g/mol. The van der Waals surface area contributed by atoms with Gasteiger partial charge in [0.2, 0.25) is 0 Å². The quantitative estimate of drug-likeness (QED) is 0.674. The summed E-state index contributed by atoms with van der Waals surface area (Å²) in [5.74, 6) is -0.0900. The van der Waals surface area contributed by atoms with E-state index in [9.17, 15) is 4.79 Å². The molecule has 7 heteroatoms. The predicted octanol–water partition coefficient (Wildman–Crippen LogP) is 5.00. The molecule has 0 aliphatic rings. The summed E-state index contributed by atoms with van der Waals surface area (Å²) in [6.45, 7) is 0. The fraction of sp³-hybridized carbons (Fsp3) is 0.0667. The third-order valence-electron chi connectivity index (χ3n) is 2.84. The van der Waals surface area contributed by atoms with E-state index in [-0.39, 0.29) is 11.7 Å². The molecule has 112 valence electrons. The first-order valence-corrected chi connectivity index (χ1v) is 8.35. The Morgan fingerprint density at radius 3 is 2.95 bits per heavy atom. The Kier molecular flexibility index (Phi) is 4.61. The van der Waals surface area contributed by atoms with Gasteiger partial charge in [0.15, 0.2) is 15.6 Å². The number of amides is 1. The Hall–Kier alpha value is -1.63. The van der Waals surface area contributed by atoms with Gasteiger partial charge in [-0.2, -0.15) is 0 Å². The van der Waals surface area contributed by atoms with E-state index >= 15 is 0 Å². The number of rotatable bonds is 4. The van der Waals surface area contributed by atoms with Gasteiger partial charge in [0, 0.05) is 22.5 Å². The lowest BCUT2D eigenvalue weighted by atomic mass is 10.1. The third-order valence-corrected chi connectivity index (χ3v) is 4.41. The maximum Gasteiger partial charge on any atom is 0.293 e. The number of carbonyl (C=O) groups is 1. The van der Waals surface area contributed by atoms with Gasteiger partial charge in [0.25, 0.3) is 5.91 Å². The van der Waals surface area contributed by atoms with E-state index in [1.807, 2.05) is 24.3 Å². The number of anilines is 1. The standard InChI is InChI=1S/C15H10BrClN2O2S/c16-13-5-4-12(21-13)14(20)19-15-18-8-11(22-15)7-9-2-1-3-10(17)6-9/h1-6,8H,7H2,(H,18,19,20). The van der Waals surface area contributed by atoms with Crippen LogP contribution in [0.15, 0.2) is 51.7 Å². The number of hydrogen-bond acceptors (Lipinski definition) is 4. The summed E-state index contributed by atoms with van der Waals surface area (Å²) >= 11 is 10.6. The van der Waals surface area contributed by atoms with Crippen molar-refractivity contribution in [3.63, 3.8) is 0 Å². The number of furan rings is 1. The van der Waals surface area contributed by atoms with Gasteiger partial charge in [0.1, 0.15) is 0 Å². The maximum absolute atomic E-state index is 12.0. The molecule has 0 unspecified atom stereocenters. The van der Waals surface area contributed by atoms with Crippen molar-refractivity contribution >= 4 is 49.9 Å². The number of aromatic nitrogens is 1. The molecule has 0 aliphatic carbocycles. The lowest BCUT2D eigenvalue weighted by molar-refractivity contribution is 0.0995. The number of thiazole rings is 1. The first kappa shape index (κ1) is 15.3. The smallest absolute Gasteiger partial charge is 0.293 e. The zero-order valence-electron chi connectivity index (χ0n) is 11.2. The lowest BCUT2D eigenvalue weighted by Gasteiger charge is -1.99. The summed E-state index contributed by atoms with van der Waals surface area (Å²) in [6.07, 6.45) is 2.47. The molecule has 4 nitrogen and oxygen atoms in total. The molecule has 2 heterocycles. The Bertz CT molecular complexity index is 815. The average molecular weight is 398 g/mol. The van der Waals surface area contributed by atoms with Gasteiger partial charge in [-0.1, -0.05) is 23.7 Å². The van der Waals surface area contributed by atoms with Crippen molar-refractivity contribution in [2.24, 2.45) is 0 Å². The van der Waals surface area contributed by atoms with Crippen molar-refractivity contribution in [3.8, 4) is 0 Å². The van der Waals surface area contributed by atoms with Crippen molar-refractivity contribution in [2.45, 2.75) is 6.42 Å². The molecule has 1 aromatic carbocycles. The largest absolute Gasteiger partial charge is 0.444 e. The van der Waals surface area contributed by atoms with Crippen LogP contribution in [0, 0.1) is 0 Å². The number of benzene rings is 1. The molecule has 0 atom stereocenters. The Balaban J connectivity index is 1.67. The van der Waals surface area contributed by atoms with E-state index in [0.717, 1.165) is 16.9 Å². The molecule has 0 saturated carbocycles. The van der Waals surface area contributed by atoms with Crippen molar-refractivity contribution in [1.29, 1.82) is 0 Å². The van der Waals surface area contributed by atoms with Crippen LogP contribution in [0.1, 0.15) is 21.0 Å². The van der Waals surface area contributed by atoms with E-state index in [2.05, 4.69) is 26.2 Å². The summed E-state index contributed by atoms with van der Waals surface area (Å²) in [4.78, 5) is 17.2. The molecular formula is C15H10BrClN2O2S. The van der Waals surface area contributed by atoms with Gasteiger partial charge in [0.05, 0.1) is 0 Å². The van der Waals surface area contributed by atoms with Crippen LogP contribution < -0.4 is 5.32 Å². The number of nitrogens with zero attached hydrogens (tertiary/aromatic N) is 1. The second kappa shape index (κ2) is 6.64. The highest BCUT2D eigenvalue weighted by Crippen LogP contribution is 2.23. The molecule has 3 rings (SSSR count). The molecule has 22 heavy (non-hydrogen) atoms. The molecule has 0 saturated heterocycles. The Morgan fingerprint density at radius 2 is 2.23 bits per heavy atom. The van der Waals surface area contributed by atoms with E-state index in [4.69, 9.17) is 16.0 Å². The van der Waals surface area contributed by atoms with Crippen molar-refractivity contribution in [1.82, 2.24) is 4.98 Å². The molecule has 0 fully saturated rings. The molecule has 0 spiro atoms. The summed E-state index contributed by atoms with van der Waals surface area (Å²) in [5, 5.41) is 3.96. The summed E-state index contributed by atoms with van der Waals surface area (Å²) in [6, 6.07) is 10.9. The van der Waals surface area contributed by atoms with Crippen LogP contribution in [0.25, 0.3) is 0 Å². The van der Waals surface area contributed by atoms with Crippen LogP contribution in [-0.4, -0.2) is 10.9 Å². The number of hydrogen-bond donors (Lipinski definition) is 1. The molecule has 2 aromatic heterocycles. The normalized spacial score (nSPS) is 10.6. The van der Waals surface area contributed by atoms with Crippen LogP contribution in [0.3, 0.4) is 0 Å². The zero-order valence-corrected chi connectivity index (χ0v) is 14.3. The second-order valence-corrected chi connectivity index (χ2v) is 6.83. The van der Waals surface area contributed by atoms with E-state index in [1.165, 1.54) is 11.3 Å². The molecule has 3 aromatic rings. The van der Waals surface area contributed by atoms with E-state index < -0.39 is 0 Å². The molecule has 0 bridgehead atoms. The fourth-order valence-corrected chi connectivity index (χ4v) is 3.25. The number of carbonyl (C=O) groups excluding carboxylic acids is 1. The van der Waals surface area contributed by atoms with Crippen LogP contribution in [0.2, 0.25) is 5.02 Å². The molecule has 1 N–H and O–H groups in total. The van der Waals surface area contributed by atoms with Gasteiger partial charge in [-0.15, -0.1) is 11.3 Å². The van der Waals surface area contributed by atoms with E-state index in [0.29, 0.717) is 14.8 Å². The van der Waals surface area contributed by atoms with Gasteiger partial charge >= 0.3 is 0 Å². The van der Waals surface area contributed by atoms with Crippen LogP contribution >= 0.6 is 38.9 Å². The lowest BCUT2D eigenvalue weighted by Crippen LogP contribution is -2.10. The monoisotopic (exact) mass is 396 g/mol. The minimum Gasteiger partial charge on any atom is -0.444 e. The highest BCUT2D eigenvalue weighted by atomic mass is 79.9. The number of nitrogens with one attached hydrogen (secondary N) is 1. The molecule has 0 radical (unpaired) electrons. The van der Waals surface area contributed by atoms with Crippen molar-refractivity contribution in [3.05, 3.63) is 68.5 Å². The van der Waals surface area contributed by atoms with Gasteiger partial charge in [-0.05, 0) is 45.8 Å². The van der Waals surface area contributed by atoms with Gasteiger partial charge < -0.3 is 4.42 Å². The summed E-state index contributed by atoms with van der Waals surface area (Å²) in [7, 11) is 0. The van der Waals surface area contributed by atoms with Crippen molar-refractivity contribution in [2.75, 3.05) is 5.32 Å². The summed E-state index contributed by atoms with van der Waals surface area (Å²) in [5.41, 5.74) is 1.10. The van der Waals surface area contributed by atoms with Gasteiger partial charge in [-0.3, -0.25) is 10.1 Å². The third kappa shape index (κ3) is 3.76. The topological polar surface area (TPSA) is 55.1 Å². The highest BCUT2D eigenvalue weighted by Gasteiger charge is 2.13. The highest BCUT2D eigenvalue weighted by molar-refractivity contribution is 9.10. The Labute approximate surface area is 144 Å². The minimum atomic E-state index is -0.325. The van der Waals surface area contributed by atoms with Gasteiger partial charge in [-0.25, -0.2) is 4.98 Å². The molecule has 0 aliphatic heterocycles. The first-order chi connectivity index (χ1) is 10.6.